The average molecular weight is 674 g/mol. The number of aliphatic hydroxyl groups excluding tert-OH is 2. The molecule has 272 valence electrons. The fraction of sp³-hybridized carbons (Fsp3) is 0.971. The van der Waals surface area contributed by atoms with Crippen LogP contribution in [0.5, 0.6) is 0 Å². The molecule has 7 unspecified atom stereocenters. The van der Waals surface area contributed by atoms with Gasteiger partial charge in [0.15, 0.2) is 12.1 Å². The smallest absolute Gasteiger partial charge is 0.317 e. The second kappa shape index (κ2) is 13.3. The van der Waals surface area contributed by atoms with Crippen LogP contribution < -0.4 is 5.32 Å². The first kappa shape index (κ1) is 37.3. The predicted octanol–water partition coefficient (Wildman–Crippen LogP) is 1.60. The monoisotopic (exact) mass is 673 g/mol. The number of aliphatic hydroxyl groups is 4. The van der Waals surface area contributed by atoms with Crippen LogP contribution in [-0.4, -0.2) is 124 Å². The van der Waals surface area contributed by atoms with Crippen molar-refractivity contribution in [1.82, 2.24) is 5.32 Å². The van der Waals surface area contributed by atoms with Gasteiger partial charge in [-0.2, -0.15) is 0 Å². The van der Waals surface area contributed by atoms with Gasteiger partial charge in [-0.1, -0.05) is 27.7 Å². The van der Waals surface area contributed by atoms with E-state index in [1.165, 1.54) is 6.92 Å². The van der Waals surface area contributed by atoms with E-state index in [9.17, 15) is 25.2 Å². The normalized spacial score (nSPS) is 55.7. The highest BCUT2D eigenvalue weighted by atomic mass is 16.8. The standard InChI is InChI=1S/C34H59NO12/c1-11-22-32(8,40)27(37)18(4)25(36)16(2)14-31(7,39)28(44-23-13-21(35-9)12-17(3)42-23)19(5)26-24(30(38)43-22)33(46-26)15-34(41-10)29(47-34)20(6)45-33/h16-29,35-37,39-40H,11-15H2,1-10H3/t16-,17?,18+,19+,20?,21?,22-,23?,24-,25+,26+,27-,28-,29?,31+,32-,33?,34?/m1/s1. The van der Waals surface area contributed by atoms with Crippen molar-refractivity contribution in [3.8, 4) is 0 Å². The third-order valence-corrected chi connectivity index (χ3v) is 11.8. The molecule has 5 N–H and O–H groups in total. The lowest BCUT2D eigenvalue weighted by molar-refractivity contribution is -0.421. The maximum Gasteiger partial charge on any atom is 0.317 e. The minimum Gasteiger partial charge on any atom is -0.459 e. The largest absolute Gasteiger partial charge is 0.459 e. The minimum absolute atomic E-state index is 0.0835. The Morgan fingerprint density at radius 3 is 2.30 bits per heavy atom. The zero-order valence-electron chi connectivity index (χ0n) is 29.7. The quantitative estimate of drug-likeness (QED) is 0.210. The van der Waals surface area contributed by atoms with E-state index in [0.29, 0.717) is 6.42 Å². The molecule has 0 aromatic rings. The van der Waals surface area contributed by atoms with Gasteiger partial charge in [0.25, 0.3) is 0 Å². The summed E-state index contributed by atoms with van der Waals surface area (Å²) >= 11 is 0. The highest BCUT2D eigenvalue weighted by Gasteiger charge is 2.76. The molecule has 5 heterocycles. The maximum absolute atomic E-state index is 14.4. The Morgan fingerprint density at radius 2 is 1.68 bits per heavy atom. The minimum atomic E-state index is -1.90. The molecule has 0 bridgehead atoms. The second-order valence-electron chi connectivity index (χ2n) is 15.6. The molecule has 13 nitrogen and oxygen atoms in total. The van der Waals surface area contributed by atoms with Crippen LogP contribution in [-0.2, 0) is 38.0 Å². The fourth-order valence-electron chi connectivity index (χ4n) is 9.04. The number of rotatable bonds is 5. The molecule has 5 aliphatic heterocycles. The molecule has 13 heteroatoms. The van der Waals surface area contributed by atoms with Crippen molar-refractivity contribution in [2.24, 2.45) is 23.7 Å². The van der Waals surface area contributed by atoms with Gasteiger partial charge in [-0.25, -0.2) is 0 Å². The van der Waals surface area contributed by atoms with Crippen LogP contribution >= 0.6 is 0 Å². The number of carbonyl (C=O) groups excluding carboxylic acids is 1. The highest BCUT2D eigenvalue weighted by molar-refractivity contribution is 5.76. The molecule has 5 rings (SSSR count). The third kappa shape index (κ3) is 6.64. The topological polar surface area (TPSA) is 178 Å². The van der Waals surface area contributed by atoms with Crippen molar-refractivity contribution in [2.75, 3.05) is 14.2 Å². The Hall–Kier alpha value is -0.970. The van der Waals surface area contributed by atoms with Crippen molar-refractivity contribution in [3.63, 3.8) is 0 Å². The summed E-state index contributed by atoms with van der Waals surface area (Å²) in [6.45, 7) is 13.9. The highest BCUT2D eigenvalue weighted by Crippen LogP contribution is 2.60. The summed E-state index contributed by atoms with van der Waals surface area (Å²) in [5.41, 5.74) is -3.46. The zero-order valence-corrected chi connectivity index (χ0v) is 29.7. The van der Waals surface area contributed by atoms with Gasteiger partial charge < -0.3 is 58.9 Å². The SMILES string of the molecule is CC[C@H]1OC(=O)[C@H]2[C@@H](OC23CC2(OC)OC2C(C)O3)[C@H](C)[C@@H](OC2CC(NC)CC(C)O2)[C@@](C)(O)C[C@@H](C)[C@H](O)[C@H](C)[C@@H](O)[C@]1(C)O. The molecule has 47 heavy (non-hydrogen) atoms. The molecule has 5 fully saturated rings. The van der Waals surface area contributed by atoms with Crippen LogP contribution in [0.2, 0.25) is 0 Å². The van der Waals surface area contributed by atoms with E-state index in [2.05, 4.69) is 5.32 Å². The van der Waals surface area contributed by atoms with Crippen molar-refractivity contribution in [3.05, 3.63) is 0 Å². The molecule has 0 saturated carbocycles. The fourth-order valence-corrected chi connectivity index (χ4v) is 9.04. The number of epoxide rings is 1. The summed E-state index contributed by atoms with van der Waals surface area (Å²) in [5.74, 6) is -6.09. The van der Waals surface area contributed by atoms with E-state index in [1.54, 1.807) is 34.8 Å². The molecule has 0 amide bonds. The molecule has 0 aliphatic carbocycles. The Bertz CT molecular complexity index is 1120. The molecule has 0 aromatic heterocycles. The van der Waals surface area contributed by atoms with Gasteiger partial charge in [-0.05, 0) is 59.9 Å². The Balaban J connectivity index is 1.56. The van der Waals surface area contributed by atoms with E-state index in [-0.39, 0.29) is 37.5 Å². The number of esters is 1. The van der Waals surface area contributed by atoms with Crippen LogP contribution in [0, 0.1) is 23.7 Å². The maximum atomic E-state index is 14.4. The van der Waals surface area contributed by atoms with Crippen LogP contribution in [0.3, 0.4) is 0 Å². The van der Waals surface area contributed by atoms with Gasteiger partial charge >= 0.3 is 5.97 Å². The molecule has 1 spiro atoms. The molecule has 18 atom stereocenters. The van der Waals surface area contributed by atoms with Crippen LogP contribution in [0.25, 0.3) is 0 Å². The van der Waals surface area contributed by atoms with E-state index in [1.807, 2.05) is 27.8 Å². The summed E-state index contributed by atoms with van der Waals surface area (Å²) < 4.78 is 43.6. The number of methoxy groups -OCH3 is 1. The van der Waals surface area contributed by atoms with Crippen LogP contribution in [0.4, 0.5) is 0 Å². The lowest BCUT2D eigenvalue weighted by Crippen LogP contribution is -2.73. The number of ether oxygens (including phenoxy) is 7. The van der Waals surface area contributed by atoms with E-state index >= 15 is 0 Å². The first-order valence-corrected chi connectivity index (χ1v) is 17.4. The van der Waals surface area contributed by atoms with Crippen molar-refractivity contribution in [1.29, 1.82) is 0 Å². The van der Waals surface area contributed by atoms with Gasteiger partial charge in [0, 0.05) is 31.4 Å². The molecular weight excluding hydrogens is 614 g/mol. The van der Waals surface area contributed by atoms with Crippen molar-refractivity contribution >= 4 is 5.97 Å². The summed E-state index contributed by atoms with van der Waals surface area (Å²) in [5, 5.41) is 50.1. The lowest BCUT2D eigenvalue weighted by Gasteiger charge is -2.59. The molecule has 5 aliphatic rings. The Kier molecular flexibility index (Phi) is 10.5. The Morgan fingerprint density at radius 1 is 1.00 bits per heavy atom. The number of fused-ring (bicyclic) bond motifs is 3. The molecule has 0 radical (unpaired) electrons. The van der Waals surface area contributed by atoms with Crippen LogP contribution in [0.1, 0.15) is 87.5 Å². The van der Waals surface area contributed by atoms with Crippen molar-refractivity contribution < 1.29 is 58.4 Å². The van der Waals surface area contributed by atoms with E-state index in [4.69, 9.17) is 33.2 Å². The summed E-state index contributed by atoms with van der Waals surface area (Å²) in [6.07, 6.45) is -5.22. The number of cyclic esters (lactones) is 1. The summed E-state index contributed by atoms with van der Waals surface area (Å²) in [7, 11) is 3.44. The Labute approximate surface area is 278 Å². The predicted molar refractivity (Wildman–Crippen MR) is 168 cm³/mol. The van der Waals surface area contributed by atoms with Gasteiger partial charge in [-0.15, -0.1) is 0 Å². The molecule has 0 aromatic carbocycles. The lowest BCUT2D eigenvalue weighted by atomic mass is 9.69. The van der Waals surface area contributed by atoms with Crippen molar-refractivity contribution in [2.45, 2.75) is 171 Å². The van der Waals surface area contributed by atoms with E-state index in [0.717, 1.165) is 6.42 Å². The number of hydrogen-bond acceptors (Lipinski definition) is 13. The molecule has 5 saturated heterocycles. The zero-order chi connectivity index (χ0) is 34.9. The van der Waals surface area contributed by atoms with Gasteiger partial charge in [0.1, 0.15) is 23.7 Å². The summed E-state index contributed by atoms with van der Waals surface area (Å²) in [4.78, 5) is 14.4. The second-order valence-corrected chi connectivity index (χ2v) is 15.6. The summed E-state index contributed by atoms with van der Waals surface area (Å²) in [6, 6.07) is 0.143. The first-order chi connectivity index (χ1) is 21.9. The van der Waals surface area contributed by atoms with Gasteiger partial charge in [-0.3, -0.25) is 4.79 Å². The number of nitrogens with one attached hydrogen (secondary N) is 1. The van der Waals surface area contributed by atoms with Gasteiger partial charge in [0.05, 0.1) is 48.6 Å². The van der Waals surface area contributed by atoms with Crippen LogP contribution in [0.15, 0.2) is 0 Å². The number of carbonyl (C=O) groups is 1. The van der Waals surface area contributed by atoms with E-state index < -0.39 is 95.3 Å². The molecular formula is C34H59NO12. The van der Waals surface area contributed by atoms with Gasteiger partial charge in [0.2, 0.25) is 5.79 Å². The average Bonchev–Trinajstić information content (AvgIpc) is 3.74. The first-order valence-electron chi connectivity index (χ1n) is 17.4. The number of hydrogen-bond donors (Lipinski definition) is 5. The third-order valence-electron chi connectivity index (χ3n) is 11.8.